The zero-order chi connectivity index (χ0) is 25.2. The van der Waals surface area contributed by atoms with Crippen LogP contribution >= 0.6 is 0 Å². The van der Waals surface area contributed by atoms with Gasteiger partial charge in [0.05, 0.1) is 26.4 Å². The predicted octanol–water partition coefficient (Wildman–Crippen LogP) is 3.99. The molecule has 0 radical (unpaired) electrons. The molecule has 0 aliphatic carbocycles. The zero-order valence-electron chi connectivity index (χ0n) is 20.4. The molecule has 1 saturated heterocycles. The van der Waals surface area contributed by atoms with E-state index < -0.39 is 36.6 Å². The average molecular weight is 492 g/mol. The number of esters is 1. The summed E-state index contributed by atoms with van der Waals surface area (Å²) in [4.78, 5) is 11.9. The van der Waals surface area contributed by atoms with E-state index in [2.05, 4.69) is 0 Å². The minimum Gasteiger partial charge on any atom is -0.455 e. The number of rotatable bonds is 11. The van der Waals surface area contributed by atoms with Crippen LogP contribution in [-0.2, 0) is 48.3 Å². The third kappa shape index (κ3) is 7.46. The maximum Gasteiger partial charge on any atom is 0.303 e. The van der Waals surface area contributed by atoms with Gasteiger partial charge in [-0.2, -0.15) is 0 Å². The highest BCUT2D eigenvalue weighted by Gasteiger charge is 2.48. The summed E-state index contributed by atoms with van der Waals surface area (Å²) >= 11 is 0. The molecule has 4 rings (SSSR count). The van der Waals surface area contributed by atoms with Crippen LogP contribution in [-0.4, -0.2) is 43.2 Å². The minimum absolute atomic E-state index is 0.236. The third-order valence-electron chi connectivity index (χ3n) is 5.94. The maximum atomic E-state index is 11.9. The van der Waals surface area contributed by atoms with Crippen molar-refractivity contribution in [3.8, 4) is 0 Å². The van der Waals surface area contributed by atoms with Crippen molar-refractivity contribution < 1.29 is 28.5 Å². The summed E-state index contributed by atoms with van der Waals surface area (Å²) in [7, 11) is 0. The van der Waals surface area contributed by atoms with Gasteiger partial charge in [-0.1, -0.05) is 91.0 Å². The quantitative estimate of drug-likeness (QED) is 0.406. The first-order chi connectivity index (χ1) is 17.6. The number of ether oxygens (including phenoxy) is 5. The molecule has 0 amide bonds. The predicted molar refractivity (Wildman–Crippen MR) is 135 cm³/mol. The molecule has 7 nitrogen and oxygen atoms in total. The van der Waals surface area contributed by atoms with Crippen LogP contribution in [0.25, 0.3) is 0 Å². The topological polar surface area (TPSA) is 89.2 Å². The van der Waals surface area contributed by atoms with Crippen molar-refractivity contribution in [1.29, 1.82) is 0 Å². The first-order valence-corrected chi connectivity index (χ1v) is 12.1. The van der Waals surface area contributed by atoms with Gasteiger partial charge in [0.15, 0.2) is 6.10 Å². The molecule has 1 fully saturated rings. The fraction of sp³-hybridized carbons (Fsp3) is 0.345. The van der Waals surface area contributed by atoms with Crippen LogP contribution in [0, 0.1) is 0 Å². The van der Waals surface area contributed by atoms with Crippen molar-refractivity contribution in [3.05, 3.63) is 108 Å². The third-order valence-corrected chi connectivity index (χ3v) is 5.94. The van der Waals surface area contributed by atoms with E-state index in [9.17, 15) is 4.79 Å². The second-order valence-electron chi connectivity index (χ2n) is 8.74. The Bertz CT molecular complexity index is 1050. The Balaban J connectivity index is 1.53. The van der Waals surface area contributed by atoms with E-state index in [4.69, 9.17) is 29.4 Å². The lowest BCUT2D eigenvalue weighted by Crippen LogP contribution is -2.63. The highest BCUT2D eigenvalue weighted by atomic mass is 16.6. The standard InChI is InChI=1S/C29H33NO6/c1-21(31)35-28-27(34-19-24-15-9-4-10-16-24)26(33-18-23-13-7-3-8-14-23)25(36-29(28)30)20-32-17-22-11-5-2-6-12-22/h2-16,25-29H,17-20,30H2,1H3/t25-,26-,27+,28-,29-/m1/s1. The van der Waals surface area contributed by atoms with Crippen LogP contribution in [0.3, 0.4) is 0 Å². The normalized spacial score (nSPS) is 23.8. The number of benzene rings is 3. The number of hydrogen-bond acceptors (Lipinski definition) is 7. The van der Waals surface area contributed by atoms with E-state index in [1.54, 1.807) is 0 Å². The summed E-state index contributed by atoms with van der Waals surface area (Å²) in [6.07, 6.45) is -3.50. The van der Waals surface area contributed by atoms with Crippen LogP contribution in [0.1, 0.15) is 23.6 Å². The number of carbonyl (C=O) groups is 1. The Labute approximate surface area is 212 Å². The molecule has 1 heterocycles. The van der Waals surface area contributed by atoms with Crippen molar-refractivity contribution >= 4 is 5.97 Å². The molecule has 1 aliphatic rings. The lowest BCUT2D eigenvalue weighted by molar-refractivity contribution is -0.264. The van der Waals surface area contributed by atoms with E-state index >= 15 is 0 Å². The first kappa shape index (κ1) is 26.0. The minimum atomic E-state index is -0.892. The molecule has 3 aromatic carbocycles. The summed E-state index contributed by atoms with van der Waals surface area (Å²) < 4.78 is 30.4. The fourth-order valence-electron chi connectivity index (χ4n) is 4.19. The largest absolute Gasteiger partial charge is 0.455 e. The zero-order valence-corrected chi connectivity index (χ0v) is 20.4. The molecule has 0 saturated carbocycles. The van der Waals surface area contributed by atoms with Gasteiger partial charge in [0.2, 0.25) is 0 Å². The number of nitrogens with two attached hydrogens (primary N) is 1. The summed E-state index contributed by atoms with van der Waals surface area (Å²) in [5.74, 6) is -0.465. The first-order valence-electron chi connectivity index (χ1n) is 12.1. The van der Waals surface area contributed by atoms with E-state index in [1.807, 2.05) is 91.0 Å². The molecule has 36 heavy (non-hydrogen) atoms. The van der Waals surface area contributed by atoms with Gasteiger partial charge in [-0.25, -0.2) is 0 Å². The maximum absolute atomic E-state index is 11.9. The van der Waals surface area contributed by atoms with Gasteiger partial charge >= 0.3 is 5.97 Å². The molecule has 0 aromatic heterocycles. The smallest absolute Gasteiger partial charge is 0.303 e. The van der Waals surface area contributed by atoms with Crippen molar-refractivity contribution in [2.75, 3.05) is 6.61 Å². The van der Waals surface area contributed by atoms with Gasteiger partial charge in [-0.05, 0) is 16.7 Å². The van der Waals surface area contributed by atoms with Crippen LogP contribution in [0.15, 0.2) is 91.0 Å². The van der Waals surface area contributed by atoms with Crippen molar-refractivity contribution in [1.82, 2.24) is 0 Å². The van der Waals surface area contributed by atoms with Crippen LogP contribution in [0.5, 0.6) is 0 Å². The Morgan fingerprint density at radius 2 is 1.19 bits per heavy atom. The SMILES string of the molecule is CC(=O)O[C@@H]1[C@@H](OCc2ccccc2)[C@H](OCc2ccccc2)[C@@H](COCc2ccccc2)O[C@H]1N. The van der Waals surface area contributed by atoms with Gasteiger partial charge in [0.25, 0.3) is 0 Å². The molecule has 0 bridgehead atoms. The second-order valence-corrected chi connectivity index (χ2v) is 8.74. The highest BCUT2D eigenvalue weighted by Crippen LogP contribution is 2.28. The highest BCUT2D eigenvalue weighted by molar-refractivity contribution is 5.66. The Morgan fingerprint density at radius 3 is 1.69 bits per heavy atom. The van der Waals surface area contributed by atoms with Crippen LogP contribution in [0.4, 0.5) is 0 Å². The second kappa shape index (κ2) is 13.3. The Kier molecular flexibility index (Phi) is 9.61. The molecule has 1 aliphatic heterocycles. The summed E-state index contributed by atoms with van der Waals surface area (Å²) in [6, 6.07) is 29.5. The number of carbonyl (C=O) groups excluding carboxylic acids is 1. The molecule has 3 aromatic rings. The molecular weight excluding hydrogens is 458 g/mol. The summed E-state index contributed by atoms with van der Waals surface area (Å²) in [5.41, 5.74) is 9.37. The van der Waals surface area contributed by atoms with E-state index in [1.165, 1.54) is 6.92 Å². The van der Waals surface area contributed by atoms with Crippen molar-refractivity contribution in [2.24, 2.45) is 5.73 Å². The van der Waals surface area contributed by atoms with E-state index in [0.717, 1.165) is 16.7 Å². The van der Waals surface area contributed by atoms with Gasteiger partial charge < -0.3 is 29.4 Å². The van der Waals surface area contributed by atoms with Gasteiger partial charge in [0, 0.05) is 6.92 Å². The average Bonchev–Trinajstić information content (AvgIpc) is 2.90. The van der Waals surface area contributed by atoms with Crippen LogP contribution in [0.2, 0.25) is 0 Å². The fourth-order valence-corrected chi connectivity index (χ4v) is 4.19. The van der Waals surface area contributed by atoms with Crippen molar-refractivity contribution in [2.45, 2.75) is 57.4 Å². The van der Waals surface area contributed by atoms with Crippen LogP contribution < -0.4 is 5.73 Å². The molecule has 5 atom stereocenters. The Morgan fingerprint density at radius 1 is 0.722 bits per heavy atom. The Hall–Kier alpha value is -3.07. The monoisotopic (exact) mass is 491 g/mol. The van der Waals surface area contributed by atoms with Gasteiger partial charge in [-0.3, -0.25) is 4.79 Å². The van der Waals surface area contributed by atoms with E-state index in [0.29, 0.717) is 19.8 Å². The lowest BCUT2D eigenvalue weighted by atomic mass is 9.97. The number of hydrogen-bond donors (Lipinski definition) is 1. The molecule has 0 unspecified atom stereocenters. The summed E-state index contributed by atoms with van der Waals surface area (Å²) in [5, 5.41) is 0. The molecule has 7 heteroatoms. The molecule has 2 N–H and O–H groups in total. The summed E-state index contributed by atoms with van der Waals surface area (Å²) in [6.45, 7) is 2.64. The lowest BCUT2D eigenvalue weighted by Gasteiger charge is -2.44. The van der Waals surface area contributed by atoms with Crippen molar-refractivity contribution in [3.63, 3.8) is 0 Å². The molecular formula is C29H33NO6. The van der Waals surface area contributed by atoms with E-state index in [-0.39, 0.29) is 6.61 Å². The van der Waals surface area contributed by atoms with Gasteiger partial charge in [0.1, 0.15) is 24.5 Å². The molecule has 190 valence electrons. The van der Waals surface area contributed by atoms with Gasteiger partial charge in [-0.15, -0.1) is 0 Å². The molecule has 0 spiro atoms.